The van der Waals surface area contributed by atoms with Crippen LogP contribution < -0.4 is 15.5 Å². The van der Waals surface area contributed by atoms with Crippen LogP contribution >= 0.6 is 11.6 Å². The van der Waals surface area contributed by atoms with Crippen LogP contribution in [-0.2, 0) is 15.9 Å². The van der Waals surface area contributed by atoms with E-state index in [0.29, 0.717) is 48.4 Å². The Bertz CT molecular complexity index is 1590. The first-order valence-corrected chi connectivity index (χ1v) is 13.2. The number of alkyl halides is 1. The third-order valence-electron chi connectivity index (χ3n) is 7.29. The Labute approximate surface area is 228 Å². The molecule has 1 aliphatic carbocycles. The number of amides is 1. The molecular formula is C27H25ClFN7O3. The van der Waals surface area contributed by atoms with Crippen molar-refractivity contribution >= 4 is 40.3 Å². The monoisotopic (exact) mass is 549 g/mol. The van der Waals surface area contributed by atoms with Crippen molar-refractivity contribution < 1.29 is 18.7 Å². The van der Waals surface area contributed by atoms with E-state index >= 15 is 0 Å². The second-order valence-corrected chi connectivity index (χ2v) is 10.2. The SMILES string of the molecule is CNc1cc(N2CCc3c(-c4ccc(C5OCCO5)cn4)cc(Cl)cc32)nn2c(C(=O)N[C@@H]3C[C@@H]3F)cnc12. The van der Waals surface area contributed by atoms with Crippen LogP contribution in [-0.4, -0.2) is 64.5 Å². The van der Waals surface area contributed by atoms with Gasteiger partial charge in [-0.2, -0.15) is 0 Å². The molecule has 1 saturated heterocycles. The summed E-state index contributed by atoms with van der Waals surface area (Å²) in [5.74, 6) is 0.217. The summed E-state index contributed by atoms with van der Waals surface area (Å²) in [7, 11) is 1.79. The second kappa shape index (κ2) is 9.44. The van der Waals surface area contributed by atoms with Gasteiger partial charge in [0.15, 0.2) is 23.4 Å². The molecule has 2 fully saturated rings. The van der Waals surface area contributed by atoms with Crippen LogP contribution in [0.4, 0.5) is 21.6 Å². The lowest BCUT2D eigenvalue weighted by molar-refractivity contribution is -0.0443. The third kappa shape index (κ3) is 4.26. The van der Waals surface area contributed by atoms with E-state index < -0.39 is 18.1 Å². The second-order valence-electron chi connectivity index (χ2n) is 9.78. The zero-order valence-electron chi connectivity index (χ0n) is 21.0. The summed E-state index contributed by atoms with van der Waals surface area (Å²) in [5, 5.41) is 11.2. The molecule has 1 saturated carbocycles. The van der Waals surface area contributed by atoms with Crippen molar-refractivity contribution in [2.45, 2.75) is 31.3 Å². The number of hydrogen-bond acceptors (Lipinski definition) is 8. The van der Waals surface area contributed by atoms with Crippen LogP contribution in [0.15, 0.2) is 42.7 Å². The molecule has 7 rings (SSSR count). The van der Waals surface area contributed by atoms with Gasteiger partial charge in [0.1, 0.15) is 6.17 Å². The van der Waals surface area contributed by atoms with E-state index in [2.05, 4.69) is 25.5 Å². The molecule has 0 radical (unpaired) electrons. The first-order chi connectivity index (χ1) is 19.0. The number of hydrogen-bond donors (Lipinski definition) is 2. The van der Waals surface area contributed by atoms with E-state index in [9.17, 15) is 9.18 Å². The van der Waals surface area contributed by atoms with Crippen LogP contribution in [0.1, 0.15) is 34.3 Å². The van der Waals surface area contributed by atoms with Crippen LogP contribution in [0.5, 0.6) is 0 Å². The summed E-state index contributed by atoms with van der Waals surface area (Å²) >= 11 is 6.61. The first kappa shape index (κ1) is 24.3. The maximum atomic E-state index is 13.4. The van der Waals surface area contributed by atoms with E-state index in [1.54, 1.807) is 13.2 Å². The minimum absolute atomic E-state index is 0.244. The summed E-state index contributed by atoms with van der Waals surface area (Å²) in [6, 6.07) is 9.21. The molecule has 12 heteroatoms. The van der Waals surface area contributed by atoms with Gasteiger partial charge < -0.3 is 25.0 Å². The molecule has 5 heterocycles. The number of rotatable bonds is 6. The van der Waals surface area contributed by atoms with Gasteiger partial charge >= 0.3 is 0 Å². The van der Waals surface area contributed by atoms with Gasteiger partial charge in [0, 0.05) is 54.1 Å². The molecule has 4 aromatic rings. The highest BCUT2D eigenvalue weighted by molar-refractivity contribution is 6.31. The van der Waals surface area contributed by atoms with Gasteiger partial charge in [0.2, 0.25) is 0 Å². The zero-order valence-corrected chi connectivity index (χ0v) is 21.8. The number of fused-ring (bicyclic) bond motifs is 2. The topological polar surface area (TPSA) is 106 Å². The number of aromatic nitrogens is 4. The van der Waals surface area contributed by atoms with Crippen LogP contribution in [0.3, 0.4) is 0 Å². The fraction of sp³-hybridized carbons (Fsp3) is 0.333. The molecule has 3 aromatic heterocycles. The Morgan fingerprint density at radius 2 is 1.97 bits per heavy atom. The highest BCUT2D eigenvalue weighted by Gasteiger charge is 2.39. The minimum Gasteiger partial charge on any atom is -0.385 e. The first-order valence-electron chi connectivity index (χ1n) is 12.8. The van der Waals surface area contributed by atoms with Gasteiger partial charge in [-0.15, -0.1) is 5.10 Å². The van der Waals surface area contributed by atoms with Crippen molar-refractivity contribution in [2.75, 3.05) is 37.0 Å². The number of carbonyl (C=O) groups is 1. The summed E-state index contributed by atoms with van der Waals surface area (Å²) in [6.45, 7) is 1.81. The molecule has 0 spiro atoms. The van der Waals surface area contributed by atoms with Crippen LogP contribution in [0, 0.1) is 0 Å². The lowest BCUT2D eigenvalue weighted by atomic mass is 10.0. The average Bonchev–Trinajstić information content (AvgIpc) is 3.42. The van der Waals surface area contributed by atoms with Crippen molar-refractivity contribution in [1.29, 1.82) is 0 Å². The van der Waals surface area contributed by atoms with E-state index in [-0.39, 0.29) is 12.0 Å². The molecular weight excluding hydrogens is 525 g/mol. The standard InChI is InChI=1S/C27H25ClFN7O3/c1-30-21-11-24(34-36-23(13-32-25(21)36)26(37)33-20-10-18(20)29)35-5-4-16-17(8-15(28)9-22(16)35)19-3-2-14(12-31-19)27-38-6-7-39-27/h2-3,8-9,11-13,18,20,27,30H,4-7,10H2,1H3,(H,33,37)/t18-,20+/m0/s1. The molecule has 0 bridgehead atoms. The van der Waals surface area contributed by atoms with Gasteiger partial charge in [0.25, 0.3) is 5.91 Å². The summed E-state index contributed by atoms with van der Waals surface area (Å²) in [5.41, 5.74) is 6.10. The summed E-state index contributed by atoms with van der Waals surface area (Å²) < 4.78 is 26.1. The normalized spacial score (nSPS) is 20.4. The molecule has 3 aliphatic rings. The van der Waals surface area contributed by atoms with E-state index in [0.717, 1.165) is 34.5 Å². The highest BCUT2D eigenvalue weighted by Crippen LogP contribution is 2.42. The fourth-order valence-corrected chi connectivity index (χ4v) is 5.39. The Morgan fingerprint density at radius 3 is 2.69 bits per heavy atom. The molecule has 0 unspecified atom stereocenters. The Hall–Kier alpha value is -3.80. The van der Waals surface area contributed by atoms with E-state index in [1.165, 1.54) is 10.7 Å². The number of nitrogens with one attached hydrogen (secondary N) is 2. The Balaban J connectivity index is 1.25. The van der Waals surface area contributed by atoms with E-state index in [1.807, 2.05) is 30.3 Å². The van der Waals surface area contributed by atoms with Gasteiger partial charge in [-0.25, -0.2) is 13.9 Å². The third-order valence-corrected chi connectivity index (χ3v) is 7.50. The number of pyridine rings is 1. The number of anilines is 3. The number of ether oxygens (including phenoxy) is 2. The number of imidazole rings is 1. The number of carbonyl (C=O) groups excluding carboxylic acids is 1. The van der Waals surface area contributed by atoms with Gasteiger partial charge in [-0.3, -0.25) is 9.78 Å². The molecule has 1 aromatic carbocycles. The van der Waals surface area contributed by atoms with Crippen molar-refractivity contribution in [2.24, 2.45) is 0 Å². The zero-order chi connectivity index (χ0) is 26.7. The van der Waals surface area contributed by atoms with Gasteiger partial charge in [0.05, 0.1) is 36.8 Å². The number of nitrogens with zero attached hydrogens (tertiary/aromatic N) is 5. The lowest BCUT2D eigenvalue weighted by Gasteiger charge is -2.20. The van der Waals surface area contributed by atoms with Crippen molar-refractivity contribution in [3.8, 4) is 11.3 Å². The molecule has 200 valence electrons. The molecule has 2 atom stereocenters. The lowest BCUT2D eigenvalue weighted by Crippen LogP contribution is -2.28. The van der Waals surface area contributed by atoms with Crippen molar-refractivity contribution in [1.82, 2.24) is 24.9 Å². The predicted molar refractivity (Wildman–Crippen MR) is 143 cm³/mol. The van der Waals surface area contributed by atoms with Crippen LogP contribution in [0.25, 0.3) is 16.9 Å². The highest BCUT2D eigenvalue weighted by atomic mass is 35.5. The summed E-state index contributed by atoms with van der Waals surface area (Å²) in [6.07, 6.45) is 2.94. The minimum atomic E-state index is -1.00. The Morgan fingerprint density at radius 1 is 1.15 bits per heavy atom. The van der Waals surface area contributed by atoms with Gasteiger partial charge in [-0.1, -0.05) is 17.7 Å². The largest absolute Gasteiger partial charge is 0.385 e. The van der Waals surface area contributed by atoms with Gasteiger partial charge in [-0.05, 0) is 30.2 Å². The quantitative estimate of drug-likeness (QED) is 0.371. The molecule has 1 amide bonds. The average molecular weight is 550 g/mol. The maximum Gasteiger partial charge on any atom is 0.271 e. The fourth-order valence-electron chi connectivity index (χ4n) is 5.17. The molecule has 2 aliphatic heterocycles. The molecule has 39 heavy (non-hydrogen) atoms. The molecule has 2 N–H and O–H groups in total. The predicted octanol–water partition coefficient (Wildman–Crippen LogP) is 4.07. The smallest absolute Gasteiger partial charge is 0.271 e. The van der Waals surface area contributed by atoms with Crippen molar-refractivity contribution in [3.05, 3.63) is 64.6 Å². The number of halogens is 2. The molecule has 10 nitrogen and oxygen atoms in total. The van der Waals surface area contributed by atoms with E-state index in [4.69, 9.17) is 26.2 Å². The van der Waals surface area contributed by atoms with Crippen molar-refractivity contribution in [3.63, 3.8) is 0 Å². The Kier molecular flexibility index (Phi) is 5.87. The maximum absolute atomic E-state index is 13.4. The van der Waals surface area contributed by atoms with Crippen LogP contribution in [0.2, 0.25) is 5.02 Å². The summed E-state index contributed by atoms with van der Waals surface area (Å²) in [4.78, 5) is 24.0. The number of benzene rings is 1.